The molecule has 128 valence electrons. The fraction of sp³-hybridized carbons (Fsp3) is 0.444. The van der Waals surface area contributed by atoms with Crippen molar-refractivity contribution in [3.63, 3.8) is 0 Å². The molecular formula is C18H24N4O2. The van der Waals surface area contributed by atoms with Gasteiger partial charge in [-0.1, -0.05) is 29.8 Å². The zero-order valence-corrected chi connectivity index (χ0v) is 14.0. The van der Waals surface area contributed by atoms with Gasteiger partial charge in [0, 0.05) is 44.1 Å². The summed E-state index contributed by atoms with van der Waals surface area (Å²) in [6.45, 7) is 6.28. The van der Waals surface area contributed by atoms with Crippen LogP contribution in [-0.4, -0.2) is 47.9 Å². The number of rotatable bonds is 6. The number of aliphatic hydroxyl groups is 1. The van der Waals surface area contributed by atoms with Crippen LogP contribution in [0.4, 0.5) is 5.95 Å². The van der Waals surface area contributed by atoms with Crippen LogP contribution in [0, 0.1) is 6.92 Å². The maximum Gasteiger partial charge on any atom is 0.225 e. The molecule has 2 N–H and O–H groups in total. The Kier molecular flexibility index (Phi) is 5.74. The Morgan fingerprint density at radius 2 is 1.83 bits per heavy atom. The minimum Gasteiger partial charge on any atom is -0.387 e. The van der Waals surface area contributed by atoms with Crippen LogP contribution in [0.3, 0.4) is 0 Å². The quantitative estimate of drug-likeness (QED) is 0.836. The van der Waals surface area contributed by atoms with Crippen molar-refractivity contribution in [2.45, 2.75) is 19.6 Å². The lowest BCUT2D eigenvalue weighted by atomic mass is 10.1. The molecule has 0 amide bonds. The first kappa shape index (κ1) is 16.8. The van der Waals surface area contributed by atoms with Gasteiger partial charge < -0.3 is 20.1 Å². The number of morpholine rings is 1. The van der Waals surface area contributed by atoms with Crippen LogP contribution in [0.2, 0.25) is 0 Å². The lowest BCUT2D eigenvalue weighted by Gasteiger charge is -2.26. The molecule has 2 heterocycles. The van der Waals surface area contributed by atoms with E-state index in [0.29, 0.717) is 13.1 Å². The highest BCUT2D eigenvalue weighted by molar-refractivity contribution is 5.30. The number of nitrogens with zero attached hydrogens (tertiary/aromatic N) is 3. The normalized spacial score (nSPS) is 16.2. The third kappa shape index (κ3) is 4.50. The Bertz CT molecular complexity index is 624. The number of aryl methyl sites for hydroxylation is 1. The summed E-state index contributed by atoms with van der Waals surface area (Å²) in [6, 6.07) is 7.94. The maximum atomic E-state index is 10.2. The van der Waals surface area contributed by atoms with Gasteiger partial charge in [-0.3, -0.25) is 0 Å². The number of hydrogen-bond donors (Lipinski definition) is 2. The zero-order valence-electron chi connectivity index (χ0n) is 14.0. The van der Waals surface area contributed by atoms with Gasteiger partial charge in [0.15, 0.2) is 0 Å². The number of ether oxygens (including phenoxy) is 1. The number of nitrogens with one attached hydrogen (secondary N) is 1. The van der Waals surface area contributed by atoms with E-state index in [2.05, 4.69) is 20.2 Å². The fourth-order valence-corrected chi connectivity index (χ4v) is 2.63. The van der Waals surface area contributed by atoms with Gasteiger partial charge in [0.1, 0.15) is 0 Å². The Labute approximate surface area is 142 Å². The second-order valence-electron chi connectivity index (χ2n) is 6.05. The van der Waals surface area contributed by atoms with E-state index in [1.807, 2.05) is 43.6 Å². The summed E-state index contributed by atoms with van der Waals surface area (Å²) in [7, 11) is 0. The van der Waals surface area contributed by atoms with Crippen molar-refractivity contribution in [1.29, 1.82) is 0 Å². The molecule has 6 nitrogen and oxygen atoms in total. The molecule has 1 fully saturated rings. The molecule has 1 aromatic heterocycles. The first-order chi connectivity index (χ1) is 11.7. The number of benzene rings is 1. The highest BCUT2D eigenvalue weighted by Crippen LogP contribution is 2.13. The van der Waals surface area contributed by atoms with E-state index in [0.717, 1.165) is 43.4 Å². The summed E-state index contributed by atoms with van der Waals surface area (Å²) in [4.78, 5) is 11.0. The molecule has 24 heavy (non-hydrogen) atoms. The van der Waals surface area contributed by atoms with E-state index >= 15 is 0 Å². The van der Waals surface area contributed by atoms with Crippen LogP contribution in [0.15, 0.2) is 36.7 Å². The highest BCUT2D eigenvalue weighted by atomic mass is 16.5. The molecule has 0 bridgehead atoms. The Balaban J connectivity index is 1.47. The van der Waals surface area contributed by atoms with Gasteiger partial charge in [0.2, 0.25) is 5.95 Å². The first-order valence-corrected chi connectivity index (χ1v) is 8.31. The number of anilines is 1. The molecule has 0 aliphatic carbocycles. The topological polar surface area (TPSA) is 70.5 Å². The second-order valence-corrected chi connectivity index (χ2v) is 6.05. The van der Waals surface area contributed by atoms with Crippen molar-refractivity contribution in [3.05, 3.63) is 53.3 Å². The van der Waals surface area contributed by atoms with Crippen molar-refractivity contribution >= 4 is 5.95 Å². The van der Waals surface area contributed by atoms with Gasteiger partial charge in [0.05, 0.1) is 19.3 Å². The van der Waals surface area contributed by atoms with Crippen LogP contribution in [0.5, 0.6) is 0 Å². The molecule has 2 aromatic rings. The van der Waals surface area contributed by atoms with E-state index in [4.69, 9.17) is 4.74 Å². The predicted molar refractivity (Wildman–Crippen MR) is 92.9 cm³/mol. The molecule has 3 rings (SSSR count). The molecular weight excluding hydrogens is 304 g/mol. The summed E-state index contributed by atoms with van der Waals surface area (Å²) in [5.74, 6) is 0.752. The number of aromatic nitrogens is 2. The lowest BCUT2D eigenvalue weighted by molar-refractivity contribution is 0.122. The average Bonchev–Trinajstić information content (AvgIpc) is 2.63. The standard InChI is InChI=1S/C18H24N4O2/c1-14-2-4-16(5-3-14)17(23)13-19-10-15-11-20-18(21-12-15)22-6-8-24-9-7-22/h2-5,11-12,17,19,23H,6-10,13H2,1H3/t17-/m1/s1. The largest absolute Gasteiger partial charge is 0.387 e. The van der Waals surface area contributed by atoms with Crippen LogP contribution < -0.4 is 10.2 Å². The van der Waals surface area contributed by atoms with Gasteiger partial charge in [0.25, 0.3) is 0 Å². The molecule has 1 aliphatic heterocycles. The molecule has 0 saturated carbocycles. The van der Waals surface area contributed by atoms with E-state index in [9.17, 15) is 5.11 Å². The second kappa shape index (κ2) is 8.19. The van der Waals surface area contributed by atoms with Crippen molar-refractivity contribution in [3.8, 4) is 0 Å². The summed E-state index contributed by atoms with van der Waals surface area (Å²) in [5.41, 5.74) is 3.12. The van der Waals surface area contributed by atoms with Gasteiger partial charge in [-0.25, -0.2) is 9.97 Å². The molecule has 1 aliphatic rings. The third-order valence-electron chi connectivity index (χ3n) is 4.11. The molecule has 1 aromatic carbocycles. The zero-order chi connectivity index (χ0) is 16.8. The van der Waals surface area contributed by atoms with Crippen molar-refractivity contribution in [2.75, 3.05) is 37.7 Å². The van der Waals surface area contributed by atoms with Crippen molar-refractivity contribution in [2.24, 2.45) is 0 Å². The SMILES string of the molecule is Cc1ccc([C@H](O)CNCc2cnc(N3CCOCC3)nc2)cc1. The summed E-state index contributed by atoms with van der Waals surface area (Å²) in [6.07, 6.45) is 3.16. The summed E-state index contributed by atoms with van der Waals surface area (Å²) < 4.78 is 5.33. The van der Waals surface area contributed by atoms with Gasteiger partial charge in [-0.15, -0.1) is 0 Å². The molecule has 1 atom stereocenters. The van der Waals surface area contributed by atoms with E-state index in [1.165, 1.54) is 5.56 Å². The minimum atomic E-state index is -0.515. The Morgan fingerprint density at radius 3 is 2.50 bits per heavy atom. The van der Waals surface area contributed by atoms with Gasteiger partial charge in [-0.05, 0) is 12.5 Å². The smallest absolute Gasteiger partial charge is 0.225 e. The summed E-state index contributed by atoms with van der Waals surface area (Å²) >= 11 is 0. The third-order valence-corrected chi connectivity index (χ3v) is 4.11. The maximum absolute atomic E-state index is 10.2. The number of aliphatic hydroxyl groups excluding tert-OH is 1. The fourth-order valence-electron chi connectivity index (χ4n) is 2.63. The van der Waals surface area contributed by atoms with E-state index in [1.54, 1.807) is 0 Å². The van der Waals surface area contributed by atoms with Crippen molar-refractivity contribution < 1.29 is 9.84 Å². The van der Waals surface area contributed by atoms with Crippen LogP contribution in [0.25, 0.3) is 0 Å². The van der Waals surface area contributed by atoms with Gasteiger partial charge in [-0.2, -0.15) is 0 Å². The lowest BCUT2D eigenvalue weighted by Crippen LogP contribution is -2.37. The molecule has 0 radical (unpaired) electrons. The summed E-state index contributed by atoms with van der Waals surface area (Å²) in [5, 5.41) is 13.4. The molecule has 0 spiro atoms. The van der Waals surface area contributed by atoms with Gasteiger partial charge >= 0.3 is 0 Å². The van der Waals surface area contributed by atoms with E-state index < -0.39 is 6.10 Å². The van der Waals surface area contributed by atoms with Crippen LogP contribution in [-0.2, 0) is 11.3 Å². The highest BCUT2D eigenvalue weighted by Gasteiger charge is 2.13. The molecule has 6 heteroatoms. The van der Waals surface area contributed by atoms with Crippen molar-refractivity contribution in [1.82, 2.24) is 15.3 Å². The molecule has 1 saturated heterocycles. The number of hydrogen-bond acceptors (Lipinski definition) is 6. The minimum absolute atomic E-state index is 0.494. The predicted octanol–water partition coefficient (Wildman–Crippen LogP) is 1.44. The average molecular weight is 328 g/mol. The molecule has 0 unspecified atom stereocenters. The Hall–Kier alpha value is -2.02. The first-order valence-electron chi connectivity index (χ1n) is 8.31. The Morgan fingerprint density at radius 1 is 1.17 bits per heavy atom. The van der Waals surface area contributed by atoms with E-state index in [-0.39, 0.29) is 0 Å². The van der Waals surface area contributed by atoms with Crippen LogP contribution in [0.1, 0.15) is 22.8 Å². The monoisotopic (exact) mass is 328 g/mol. The van der Waals surface area contributed by atoms with Crippen LogP contribution >= 0.6 is 0 Å².